The molecule has 3 aromatic carbocycles. The molecule has 0 aromatic heterocycles. The van der Waals surface area contributed by atoms with E-state index >= 15 is 0 Å². The van der Waals surface area contributed by atoms with Gasteiger partial charge in [-0.25, -0.2) is 13.2 Å². The van der Waals surface area contributed by atoms with E-state index in [1.807, 2.05) is 0 Å². The number of nitrogens with one attached hydrogen (secondary N) is 1. The van der Waals surface area contributed by atoms with Crippen molar-refractivity contribution in [2.45, 2.75) is 11.0 Å². The fraction of sp³-hybridized carbons (Fsp3) is 0.167. The SMILES string of the molecule is COC(=O)C1CN(C(=O)COc2ccc(S(=O)(=O)Nc3ccc(Cl)cc3)cc2)c2ccccc2O1. The molecule has 1 heterocycles. The lowest BCUT2D eigenvalue weighted by Gasteiger charge is -2.33. The minimum atomic E-state index is -3.82. The van der Waals surface area contributed by atoms with Crippen molar-refractivity contribution in [2.75, 3.05) is 29.9 Å². The number of esters is 1. The summed E-state index contributed by atoms with van der Waals surface area (Å²) in [5.41, 5.74) is 0.882. The Hall–Kier alpha value is -3.76. The van der Waals surface area contributed by atoms with Gasteiger partial charge in [0.25, 0.3) is 15.9 Å². The molecule has 0 saturated carbocycles. The molecule has 0 spiro atoms. The van der Waals surface area contributed by atoms with E-state index in [1.165, 1.54) is 36.3 Å². The first-order valence-electron chi connectivity index (χ1n) is 10.4. The van der Waals surface area contributed by atoms with Gasteiger partial charge in [-0.3, -0.25) is 9.52 Å². The fourth-order valence-electron chi connectivity index (χ4n) is 3.39. The van der Waals surface area contributed by atoms with Crippen molar-refractivity contribution in [2.24, 2.45) is 0 Å². The first kappa shape index (κ1) is 24.4. The number of ether oxygens (including phenoxy) is 3. The Morgan fingerprint density at radius 2 is 1.74 bits per heavy atom. The number of anilines is 2. The maximum absolute atomic E-state index is 12.9. The number of carbonyl (C=O) groups excluding carboxylic acids is 2. The van der Waals surface area contributed by atoms with Crippen LogP contribution in [0.3, 0.4) is 0 Å². The van der Waals surface area contributed by atoms with Crippen LogP contribution in [-0.4, -0.2) is 46.7 Å². The quantitative estimate of drug-likeness (QED) is 0.478. The summed E-state index contributed by atoms with van der Waals surface area (Å²) in [5, 5.41) is 0.491. The second-order valence-corrected chi connectivity index (χ2v) is 9.59. The van der Waals surface area contributed by atoms with Crippen LogP contribution in [0.1, 0.15) is 0 Å². The number of halogens is 1. The number of methoxy groups -OCH3 is 1. The topological polar surface area (TPSA) is 111 Å². The van der Waals surface area contributed by atoms with Crippen LogP contribution < -0.4 is 19.1 Å². The Labute approximate surface area is 207 Å². The second kappa shape index (κ2) is 10.2. The molecule has 0 saturated heterocycles. The molecule has 4 rings (SSSR count). The van der Waals surface area contributed by atoms with Gasteiger partial charge in [0.2, 0.25) is 6.10 Å². The molecule has 0 bridgehead atoms. The zero-order chi connectivity index (χ0) is 25.0. The zero-order valence-corrected chi connectivity index (χ0v) is 20.1. The number of benzene rings is 3. The molecule has 1 unspecified atom stereocenters. The number of hydrogen-bond acceptors (Lipinski definition) is 7. The zero-order valence-electron chi connectivity index (χ0n) is 18.5. The lowest BCUT2D eigenvalue weighted by molar-refractivity contribution is -0.148. The third-order valence-electron chi connectivity index (χ3n) is 5.13. The second-order valence-electron chi connectivity index (χ2n) is 7.47. The molecule has 1 aliphatic rings. The molecule has 1 amide bonds. The number of carbonyl (C=O) groups is 2. The fourth-order valence-corrected chi connectivity index (χ4v) is 4.58. The highest BCUT2D eigenvalue weighted by Gasteiger charge is 2.34. The number of nitrogens with zero attached hydrogens (tertiary/aromatic N) is 1. The molecular formula is C24H21ClN2O7S. The summed E-state index contributed by atoms with van der Waals surface area (Å²) in [7, 11) is -2.58. The molecule has 35 heavy (non-hydrogen) atoms. The van der Waals surface area contributed by atoms with Crippen LogP contribution in [0.15, 0.2) is 77.7 Å². The summed E-state index contributed by atoms with van der Waals surface area (Å²) in [5.74, 6) is -0.321. The Balaban J connectivity index is 1.42. The lowest BCUT2D eigenvalue weighted by atomic mass is 10.2. The standard InChI is InChI=1S/C24H21ClN2O7S/c1-32-24(29)22-14-27(20-4-2-3-5-21(20)34-22)23(28)15-33-18-10-12-19(13-11-18)35(30,31)26-17-8-6-16(25)7-9-17/h2-13,22,26H,14-15H2,1H3. The molecular weight excluding hydrogens is 496 g/mol. The lowest BCUT2D eigenvalue weighted by Crippen LogP contribution is -2.48. The van der Waals surface area contributed by atoms with E-state index in [9.17, 15) is 18.0 Å². The molecule has 1 aliphatic heterocycles. The highest BCUT2D eigenvalue weighted by Crippen LogP contribution is 2.33. The summed E-state index contributed by atoms with van der Waals surface area (Å²) in [6.07, 6.45) is -0.962. The normalized spacial score (nSPS) is 14.9. The van der Waals surface area contributed by atoms with E-state index in [4.69, 9.17) is 25.8 Å². The Morgan fingerprint density at radius 3 is 2.43 bits per heavy atom. The predicted molar refractivity (Wildman–Crippen MR) is 129 cm³/mol. The van der Waals surface area contributed by atoms with Crippen molar-refractivity contribution >= 4 is 44.9 Å². The van der Waals surface area contributed by atoms with Crippen LogP contribution in [-0.2, 0) is 24.3 Å². The molecule has 0 radical (unpaired) electrons. The van der Waals surface area contributed by atoms with Gasteiger partial charge in [-0.2, -0.15) is 0 Å². The summed E-state index contributed by atoms with van der Waals surface area (Å²) in [4.78, 5) is 26.3. The first-order valence-corrected chi connectivity index (χ1v) is 12.3. The van der Waals surface area contributed by atoms with Crippen molar-refractivity contribution in [1.82, 2.24) is 0 Å². The largest absolute Gasteiger partial charge is 0.484 e. The van der Waals surface area contributed by atoms with E-state index in [1.54, 1.807) is 48.5 Å². The van der Waals surface area contributed by atoms with E-state index in [-0.39, 0.29) is 18.0 Å². The highest BCUT2D eigenvalue weighted by atomic mass is 35.5. The van der Waals surface area contributed by atoms with Gasteiger partial charge in [0.15, 0.2) is 6.61 Å². The minimum Gasteiger partial charge on any atom is -0.484 e. The number of fused-ring (bicyclic) bond motifs is 1. The van der Waals surface area contributed by atoms with Crippen molar-refractivity contribution < 1.29 is 32.2 Å². The molecule has 9 nitrogen and oxygen atoms in total. The summed E-state index contributed by atoms with van der Waals surface area (Å²) in [6, 6.07) is 18.7. The van der Waals surface area contributed by atoms with Gasteiger partial charge < -0.3 is 19.1 Å². The number of rotatable bonds is 7. The van der Waals surface area contributed by atoms with Gasteiger partial charge in [-0.1, -0.05) is 23.7 Å². The van der Waals surface area contributed by atoms with Crippen LogP contribution in [0.25, 0.3) is 0 Å². The van der Waals surface area contributed by atoms with Crippen molar-refractivity contribution in [1.29, 1.82) is 0 Å². The average Bonchev–Trinajstić information content (AvgIpc) is 2.87. The van der Waals surface area contributed by atoms with Gasteiger partial charge in [-0.15, -0.1) is 0 Å². The van der Waals surface area contributed by atoms with Crippen LogP contribution in [0, 0.1) is 0 Å². The predicted octanol–water partition coefficient (Wildman–Crippen LogP) is 3.49. The van der Waals surface area contributed by atoms with Gasteiger partial charge in [-0.05, 0) is 60.7 Å². The van der Waals surface area contributed by atoms with Crippen LogP contribution in [0.5, 0.6) is 11.5 Å². The Morgan fingerprint density at radius 1 is 1.06 bits per heavy atom. The third kappa shape index (κ3) is 5.67. The van der Waals surface area contributed by atoms with E-state index in [2.05, 4.69) is 4.72 Å². The van der Waals surface area contributed by atoms with Crippen LogP contribution in [0.4, 0.5) is 11.4 Å². The average molecular weight is 517 g/mol. The number of hydrogen-bond donors (Lipinski definition) is 1. The third-order valence-corrected chi connectivity index (χ3v) is 6.78. The van der Waals surface area contributed by atoms with E-state index < -0.39 is 28.0 Å². The summed E-state index contributed by atoms with van der Waals surface area (Å²) >= 11 is 5.83. The summed E-state index contributed by atoms with van der Waals surface area (Å²) < 4.78 is 43.6. The number of para-hydroxylation sites is 2. The van der Waals surface area contributed by atoms with Crippen molar-refractivity contribution in [3.05, 3.63) is 77.8 Å². The maximum atomic E-state index is 12.9. The van der Waals surface area contributed by atoms with Gasteiger partial charge in [0, 0.05) is 10.7 Å². The Kier molecular flexibility index (Phi) is 7.13. The number of amides is 1. The maximum Gasteiger partial charge on any atom is 0.348 e. The Bertz CT molecular complexity index is 1330. The van der Waals surface area contributed by atoms with E-state index in [0.717, 1.165) is 0 Å². The van der Waals surface area contributed by atoms with Gasteiger partial charge in [0.1, 0.15) is 11.5 Å². The molecule has 1 N–H and O–H groups in total. The van der Waals surface area contributed by atoms with Crippen LogP contribution >= 0.6 is 11.6 Å². The van der Waals surface area contributed by atoms with E-state index in [0.29, 0.717) is 27.9 Å². The molecule has 0 fully saturated rings. The molecule has 3 aromatic rings. The summed E-state index contributed by atoms with van der Waals surface area (Å²) in [6.45, 7) is -0.364. The highest BCUT2D eigenvalue weighted by molar-refractivity contribution is 7.92. The smallest absolute Gasteiger partial charge is 0.348 e. The molecule has 11 heteroatoms. The minimum absolute atomic E-state index is 0.0224. The van der Waals surface area contributed by atoms with Crippen LogP contribution in [0.2, 0.25) is 5.02 Å². The van der Waals surface area contributed by atoms with Gasteiger partial charge >= 0.3 is 5.97 Å². The monoisotopic (exact) mass is 516 g/mol. The van der Waals surface area contributed by atoms with Crippen molar-refractivity contribution in [3.8, 4) is 11.5 Å². The molecule has 182 valence electrons. The van der Waals surface area contributed by atoms with Gasteiger partial charge in [0.05, 0.1) is 24.2 Å². The molecule has 0 aliphatic carbocycles. The van der Waals surface area contributed by atoms with Crippen molar-refractivity contribution in [3.63, 3.8) is 0 Å². The first-order chi connectivity index (χ1) is 16.8. The number of sulfonamides is 1. The molecule has 1 atom stereocenters.